The van der Waals surface area contributed by atoms with Crippen molar-refractivity contribution < 1.29 is 14.3 Å². The molecule has 0 saturated heterocycles. The molecule has 0 unspecified atom stereocenters. The van der Waals surface area contributed by atoms with Crippen LogP contribution in [0.3, 0.4) is 0 Å². The van der Waals surface area contributed by atoms with Crippen molar-refractivity contribution in [1.82, 2.24) is 0 Å². The number of nitrogens with one attached hydrogen (secondary N) is 1. The number of hydrogen-bond donors (Lipinski definition) is 1. The fraction of sp³-hybridized carbons (Fsp3) is 0.308. The standard InChI is InChI=1S/C13H14ClNO3/c1-13(2,3)9-6-7-4-5-8(14)10(11(7)18-9)15-12(16)17/h4-6,15H,1-3H3,(H,16,17)/p-1. The maximum Gasteiger partial charge on any atom is 0.159 e. The largest absolute Gasteiger partial charge is 0.530 e. The van der Waals surface area contributed by atoms with E-state index in [-0.39, 0.29) is 16.1 Å². The van der Waals surface area contributed by atoms with Crippen molar-refractivity contribution in [2.75, 3.05) is 5.32 Å². The number of halogens is 1. The summed E-state index contributed by atoms with van der Waals surface area (Å²) < 4.78 is 5.71. The Balaban J connectivity index is 2.65. The lowest BCUT2D eigenvalue weighted by Gasteiger charge is -2.14. The van der Waals surface area contributed by atoms with Gasteiger partial charge in [0.25, 0.3) is 0 Å². The summed E-state index contributed by atoms with van der Waals surface area (Å²) >= 11 is 5.96. The molecule has 0 bridgehead atoms. The summed E-state index contributed by atoms with van der Waals surface area (Å²) in [4.78, 5) is 10.6. The molecule has 4 nitrogen and oxygen atoms in total. The molecule has 2 aromatic rings. The van der Waals surface area contributed by atoms with E-state index < -0.39 is 6.09 Å². The molecule has 0 spiro atoms. The van der Waals surface area contributed by atoms with Crippen molar-refractivity contribution in [2.24, 2.45) is 0 Å². The first kappa shape index (κ1) is 12.8. The van der Waals surface area contributed by atoms with Gasteiger partial charge in [-0.3, -0.25) is 0 Å². The zero-order chi connectivity index (χ0) is 13.5. The van der Waals surface area contributed by atoms with Crippen molar-refractivity contribution in [3.8, 4) is 0 Å². The van der Waals surface area contributed by atoms with E-state index in [2.05, 4.69) is 5.32 Å². The molecule has 1 heterocycles. The Bertz CT molecular complexity index is 610. The number of carbonyl (C=O) groups excluding carboxylic acids is 1. The van der Waals surface area contributed by atoms with Gasteiger partial charge in [-0.25, -0.2) is 0 Å². The number of benzene rings is 1. The van der Waals surface area contributed by atoms with Crippen molar-refractivity contribution in [3.05, 3.63) is 29.0 Å². The molecule has 18 heavy (non-hydrogen) atoms. The molecule has 0 aliphatic rings. The van der Waals surface area contributed by atoms with Crippen LogP contribution in [0, 0.1) is 0 Å². The number of carbonyl (C=O) groups is 1. The predicted molar refractivity (Wildman–Crippen MR) is 68.9 cm³/mol. The quantitative estimate of drug-likeness (QED) is 0.862. The van der Waals surface area contributed by atoms with Crippen molar-refractivity contribution >= 4 is 34.4 Å². The molecule has 0 saturated carbocycles. The molecule has 96 valence electrons. The van der Waals surface area contributed by atoms with Gasteiger partial charge in [0.15, 0.2) is 5.58 Å². The van der Waals surface area contributed by atoms with Crippen LogP contribution >= 0.6 is 11.6 Å². The van der Waals surface area contributed by atoms with Crippen molar-refractivity contribution in [1.29, 1.82) is 0 Å². The predicted octanol–water partition coefficient (Wildman–Crippen LogP) is 3.14. The van der Waals surface area contributed by atoms with Crippen LogP contribution in [-0.4, -0.2) is 6.09 Å². The minimum absolute atomic E-state index is 0.162. The average Bonchev–Trinajstić information content (AvgIpc) is 2.65. The van der Waals surface area contributed by atoms with E-state index in [4.69, 9.17) is 16.0 Å². The zero-order valence-corrected chi connectivity index (χ0v) is 11.1. The van der Waals surface area contributed by atoms with Crippen LogP contribution in [0.1, 0.15) is 26.5 Å². The van der Waals surface area contributed by atoms with E-state index in [1.807, 2.05) is 26.8 Å². The van der Waals surface area contributed by atoms with Crippen molar-refractivity contribution in [3.63, 3.8) is 0 Å². The highest BCUT2D eigenvalue weighted by molar-refractivity contribution is 6.35. The first-order valence-electron chi connectivity index (χ1n) is 5.49. The van der Waals surface area contributed by atoms with Crippen LogP contribution < -0.4 is 10.4 Å². The van der Waals surface area contributed by atoms with E-state index in [1.54, 1.807) is 12.1 Å². The summed E-state index contributed by atoms with van der Waals surface area (Å²) in [5.74, 6) is 0.765. The number of hydrogen-bond acceptors (Lipinski definition) is 3. The second kappa shape index (κ2) is 4.21. The van der Waals surface area contributed by atoms with Crippen LogP contribution in [-0.2, 0) is 5.41 Å². The molecule has 0 aliphatic carbocycles. The Hall–Kier alpha value is -1.68. The minimum Gasteiger partial charge on any atom is -0.530 e. The summed E-state index contributed by atoms with van der Waals surface area (Å²) in [6.07, 6.45) is -1.42. The monoisotopic (exact) mass is 266 g/mol. The highest BCUT2D eigenvalue weighted by Gasteiger charge is 2.20. The summed E-state index contributed by atoms with van der Waals surface area (Å²) in [5.41, 5.74) is 0.492. The first-order valence-corrected chi connectivity index (χ1v) is 5.87. The normalized spacial score (nSPS) is 11.8. The average molecular weight is 267 g/mol. The smallest absolute Gasteiger partial charge is 0.159 e. The number of carboxylic acid groups (broad SMARTS) is 1. The van der Waals surface area contributed by atoms with Gasteiger partial charge in [-0.05, 0) is 18.2 Å². The lowest BCUT2D eigenvalue weighted by molar-refractivity contribution is -0.242. The molecule has 0 atom stereocenters. The maximum atomic E-state index is 10.6. The van der Waals surface area contributed by atoms with E-state index in [1.165, 1.54) is 0 Å². The van der Waals surface area contributed by atoms with Gasteiger partial charge in [-0.1, -0.05) is 32.4 Å². The lowest BCUT2D eigenvalue weighted by atomic mass is 9.93. The Labute approximate surface area is 110 Å². The first-order chi connectivity index (χ1) is 8.29. The van der Waals surface area contributed by atoms with Gasteiger partial charge < -0.3 is 19.6 Å². The number of fused-ring (bicyclic) bond motifs is 1. The molecule has 5 heteroatoms. The maximum absolute atomic E-state index is 10.6. The van der Waals surface area contributed by atoms with Gasteiger partial charge in [-0.15, -0.1) is 0 Å². The van der Waals surface area contributed by atoms with Gasteiger partial charge >= 0.3 is 0 Å². The van der Waals surface area contributed by atoms with Gasteiger partial charge in [-0.2, -0.15) is 0 Å². The molecule has 2 rings (SSSR count). The molecule has 0 radical (unpaired) electrons. The molecule has 0 fully saturated rings. The van der Waals surface area contributed by atoms with Gasteiger partial charge in [0.2, 0.25) is 0 Å². The van der Waals surface area contributed by atoms with E-state index >= 15 is 0 Å². The van der Waals surface area contributed by atoms with E-state index in [0.717, 1.165) is 11.1 Å². The molecule has 0 aliphatic heterocycles. The fourth-order valence-corrected chi connectivity index (χ4v) is 1.86. The number of amides is 1. The third-order valence-electron chi connectivity index (χ3n) is 2.60. The van der Waals surface area contributed by atoms with Gasteiger partial charge in [0, 0.05) is 10.8 Å². The highest BCUT2D eigenvalue weighted by Crippen LogP contribution is 2.36. The Kier molecular flexibility index (Phi) is 2.99. The molecular formula is C13H13ClNO3-. The Morgan fingerprint density at radius 2 is 2.06 bits per heavy atom. The van der Waals surface area contributed by atoms with Crippen LogP contribution in [0.25, 0.3) is 11.0 Å². The molecule has 1 amide bonds. The molecule has 1 N–H and O–H groups in total. The molecular weight excluding hydrogens is 254 g/mol. The topological polar surface area (TPSA) is 65.3 Å². The van der Waals surface area contributed by atoms with Crippen LogP contribution in [0.5, 0.6) is 0 Å². The number of anilines is 1. The second-order valence-electron chi connectivity index (χ2n) is 5.11. The van der Waals surface area contributed by atoms with E-state index in [0.29, 0.717) is 5.58 Å². The molecule has 1 aromatic heterocycles. The lowest BCUT2D eigenvalue weighted by Crippen LogP contribution is -2.28. The van der Waals surface area contributed by atoms with Crippen LogP contribution in [0.2, 0.25) is 5.02 Å². The van der Waals surface area contributed by atoms with Gasteiger partial charge in [0.1, 0.15) is 17.5 Å². The molecule has 1 aromatic carbocycles. The summed E-state index contributed by atoms with van der Waals surface area (Å²) in [6.45, 7) is 6.04. The van der Waals surface area contributed by atoms with Crippen LogP contribution in [0.4, 0.5) is 10.5 Å². The zero-order valence-electron chi connectivity index (χ0n) is 10.3. The van der Waals surface area contributed by atoms with E-state index in [9.17, 15) is 9.90 Å². The SMILES string of the molecule is CC(C)(C)c1cc2ccc(Cl)c(NC(=O)[O-])c2o1. The summed E-state index contributed by atoms with van der Waals surface area (Å²) in [5, 5.41) is 13.9. The Morgan fingerprint density at radius 3 is 2.61 bits per heavy atom. The number of rotatable bonds is 1. The van der Waals surface area contributed by atoms with Crippen LogP contribution in [0.15, 0.2) is 22.6 Å². The fourth-order valence-electron chi connectivity index (χ4n) is 1.67. The minimum atomic E-state index is -1.42. The third kappa shape index (κ3) is 2.29. The third-order valence-corrected chi connectivity index (χ3v) is 2.92. The highest BCUT2D eigenvalue weighted by atomic mass is 35.5. The second-order valence-corrected chi connectivity index (χ2v) is 5.52. The number of furan rings is 1. The van der Waals surface area contributed by atoms with Gasteiger partial charge in [0.05, 0.1) is 5.02 Å². The Morgan fingerprint density at radius 1 is 1.39 bits per heavy atom. The summed E-state index contributed by atoms with van der Waals surface area (Å²) in [7, 11) is 0. The van der Waals surface area contributed by atoms with Crippen molar-refractivity contribution in [2.45, 2.75) is 26.2 Å². The summed E-state index contributed by atoms with van der Waals surface area (Å²) in [6, 6.07) is 5.29.